The van der Waals surface area contributed by atoms with Crippen molar-refractivity contribution in [1.29, 1.82) is 0 Å². The van der Waals surface area contributed by atoms with E-state index >= 15 is 0 Å². The number of ether oxygens (including phenoxy) is 2. The van der Waals surface area contributed by atoms with Gasteiger partial charge in [-0.25, -0.2) is 4.79 Å². The van der Waals surface area contributed by atoms with E-state index < -0.39 is 18.1 Å². The minimum atomic E-state index is -4.81. The first-order chi connectivity index (χ1) is 11.4. The van der Waals surface area contributed by atoms with Crippen molar-refractivity contribution in [2.45, 2.75) is 12.8 Å². The Balaban J connectivity index is 1.74. The third kappa shape index (κ3) is 6.63. The van der Waals surface area contributed by atoms with Crippen molar-refractivity contribution in [3.05, 3.63) is 24.3 Å². The van der Waals surface area contributed by atoms with E-state index in [4.69, 9.17) is 4.74 Å². The summed E-state index contributed by atoms with van der Waals surface area (Å²) in [7, 11) is 0. The van der Waals surface area contributed by atoms with Crippen LogP contribution in [0.5, 0.6) is 5.75 Å². The first-order valence-corrected chi connectivity index (χ1v) is 7.64. The summed E-state index contributed by atoms with van der Waals surface area (Å²) in [4.78, 5) is 14.0. The SMILES string of the molecule is O=C(NCCCN1CCOCC1)Nc1ccccc1OC(F)(F)F. The molecule has 0 radical (unpaired) electrons. The normalized spacial score (nSPS) is 15.8. The van der Waals surface area contributed by atoms with E-state index in [2.05, 4.69) is 20.3 Å². The molecule has 0 spiro atoms. The van der Waals surface area contributed by atoms with Gasteiger partial charge >= 0.3 is 12.4 Å². The molecule has 134 valence electrons. The lowest BCUT2D eigenvalue weighted by Gasteiger charge is -2.26. The minimum absolute atomic E-state index is 0.0412. The lowest BCUT2D eigenvalue weighted by atomic mass is 10.3. The number of benzene rings is 1. The molecule has 6 nitrogen and oxygen atoms in total. The molecule has 1 aliphatic heterocycles. The Morgan fingerprint density at radius 1 is 1.25 bits per heavy atom. The smallest absolute Gasteiger partial charge is 0.404 e. The molecule has 9 heteroatoms. The van der Waals surface area contributed by atoms with Crippen LogP contribution in [-0.2, 0) is 4.74 Å². The van der Waals surface area contributed by atoms with Gasteiger partial charge in [-0.2, -0.15) is 0 Å². The summed E-state index contributed by atoms with van der Waals surface area (Å²) in [5, 5.41) is 4.98. The molecule has 1 fully saturated rings. The molecular weight excluding hydrogens is 327 g/mol. The Kier molecular flexibility index (Phi) is 6.68. The number of amides is 2. The zero-order valence-corrected chi connectivity index (χ0v) is 13.1. The van der Waals surface area contributed by atoms with Crippen LogP contribution in [0.1, 0.15) is 6.42 Å². The molecule has 0 saturated carbocycles. The van der Waals surface area contributed by atoms with Gasteiger partial charge in [0.05, 0.1) is 18.9 Å². The predicted molar refractivity (Wildman–Crippen MR) is 82.0 cm³/mol. The van der Waals surface area contributed by atoms with Gasteiger partial charge in [-0.05, 0) is 25.1 Å². The molecule has 2 rings (SSSR count). The first-order valence-electron chi connectivity index (χ1n) is 7.64. The van der Waals surface area contributed by atoms with Gasteiger partial charge in [-0.3, -0.25) is 4.90 Å². The monoisotopic (exact) mass is 347 g/mol. The second kappa shape index (κ2) is 8.74. The van der Waals surface area contributed by atoms with Crippen molar-refractivity contribution in [1.82, 2.24) is 10.2 Å². The van der Waals surface area contributed by atoms with Crippen LogP contribution in [0, 0.1) is 0 Å². The molecular formula is C15H20F3N3O3. The molecule has 1 aromatic carbocycles. The van der Waals surface area contributed by atoms with Gasteiger partial charge in [0.2, 0.25) is 0 Å². The highest BCUT2D eigenvalue weighted by molar-refractivity contribution is 5.90. The first kappa shape index (κ1) is 18.3. The molecule has 1 saturated heterocycles. The van der Waals surface area contributed by atoms with Crippen LogP contribution in [0.3, 0.4) is 0 Å². The molecule has 0 aliphatic carbocycles. The van der Waals surface area contributed by atoms with Crippen molar-refractivity contribution in [3.63, 3.8) is 0 Å². The molecule has 2 amide bonds. The Morgan fingerprint density at radius 2 is 1.96 bits per heavy atom. The number of rotatable bonds is 6. The van der Waals surface area contributed by atoms with Crippen molar-refractivity contribution >= 4 is 11.7 Å². The maximum Gasteiger partial charge on any atom is 0.573 e. The van der Waals surface area contributed by atoms with Gasteiger partial charge in [0.15, 0.2) is 5.75 Å². The summed E-state index contributed by atoms with van der Waals surface area (Å²) in [5.41, 5.74) is -0.0412. The number of carbonyl (C=O) groups is 1. The van der Waals surface area contributed by atoms with E-state index in [0.29, 0.717) is 19.8 Å². The van der Waals surface area contributed by atoms with Gasteiger partial charge < -0.3 is 20.1 Å². The second-order valence-corrected chi connectivity index (χ2v) is 5.23. The summed E-state index contributed by atoms with van der Waals surface area (Å²) < 4.78 is 46.1. The Bertz CT molecular complexity index is 534. The lowest BCUT2D eigenvalue weighted by molar-refractivity contribution is -0.274. The highest BCUT2D eigenvalue weighted by Crippen LogP contribution is 2.29. The number of para-hydroxylation sites is 2. The largest absolute Gasteiger partial charge is 0.573 e. The topological polar surface area (TPSA) is 62.8 Å². The summed E-state index contributed by atoms with van der Waals surface area (Å²) in [6, 6.07) is 4.81. The zero-order valence-electron chi connectivity index (χ0n) is 13.1. The highest BCUT2D eigenvalue weighted by Gasteiger charge is 2.32. The average molecular weight is 347 g/mol. The number of hydrogen-bond acceptors (Lipinski definition) is 4. The zero-order chi connectivity index (χ0) is 17.4. The average Bonchev–Trinajstić information content (AvgIpc) is 2.53. The second-order valence-electron chi connectivity index (χ2n) is 5.23. The number of morpholine rings is 1. The van der Waals surface area contributed by atoms with E-state index in [1.807, 2.05) is 0 Å². The van der Waals surface area contributed by atoms with E-state index in [0.717, 1.165) is 32.1 Å². The number of halogens is 3. The quantitative estimate of drug-likeness (QED) is 0.776. The molecule has 1 aromatic rings. The van der Waals surface area contributed by atoms with E-state index in [1.165, 1.54) is 18.2 Å². The summed E-state index contributed by atoms with van der Waals surface area (Å²) in [5.74, 6) is -0.450. The number of alkyl halides is 3. The fourth-order valence-electron chi connectivity index (χ4n) is 2.28. The van der Waals surface area contributed by atoms with Crippen LogP contribution in [0.25, 0.3) is 0 Å². The number of carbonyl (C=O) groups excluding carboxylic acids is 1. The fraction of sp³-hybridized carbons (Fsp3) is 0.533. The minimum Gasteiger partial charge on any atom is -0.404 e. The number of urea groups is 1. The Labute approximate surface area is 137 Å². The molecule has 2 N–H and O–H groups in total. The predicted octanol–water partition coefficient (Wildman–Crippen LogP) is 2.43. The third-order valence-electron chi connectivity index (χ3n) is 3.40. The molecule has 1 heterocycles. The fourth-order valence-corrected chi connectivity index (χ4v) is 2.28. The van der Waals surface area contributed by atoms with Crippen LogP contribution in [0.4, 0.5) is 23.7 Å². The van der Waals surface area contributed by atoms with Gasteiger partial charge in [0, 0.05) is 19.6 Å². The molecule has 24 heavy (non-hydrogen) atoms. The van der Waals surface area contributed by atoms with E-state index in [1.54, 1.807) is 0 Å². The van der Waals surface area contributed by atoms with Gasteiger partial charge in [0.25, 0.3) is 0 Å². The molecule has 0 unspecified atom stereocenters. The molecule has 1 aliphatic rings. The standard InChI is InChI=1S/C15H20F3N3O3/c16-15(17,18)24-13-5-2-1-4-12(13)20-14(22)19-6-3-7-21-8-10-23-11-9-21/h1-2,4-5H,3,6-11H2,(H2,19,20,22). The Hall–Kier alpha value is -2.00. The molecule has 0 aromatic heterocycles. The van der Waals surface area contributed by atoms with Crippen LogP contribution in [0.15, 0.2) is 24.3 Å². The number of nitrogens with zero attached hydrogens (tertiary/aromatic N) is 1. The summed E-state index contributed by atoms with van der Waals surface area (Å²) in [6.07, 6.45) is -4.07. The van der Waals surface area contributed by atoms with Gasteiger partial charge in [0.1, 0.15) is 0 Å². The van der Waals surface area contributed by atoms with E-state index in [-0.39, 0.29) is 5.69 Å². The van der Waals surface area contributed by atoms with E-state index in [9.17, 15) is 18.0 Å². The third-order valence-corrected chi connectivity index (χ3v) is 3.40. The highest BCUT2D eigenvalue weighted by atomic mass is 19.4. The molecule has 0 bridgehead atoms. The number of anilines is 1. The lowest BCUT2D eigenvalue weighted by Crippen LogP contribution is -2.38. The van der Waals surface area contributed by atoms with Crippen molar-refractivity contribution in [2.24, 2.45) is 0 Å². The number of nitrogens with one attached hydrogen (secondary N) is 2. The maximum absolute atomic E-state index is 12.3. The van der Waals surface area contributed by atoms with Crippen molar-refractivity contribution < 1.29 is 27.4 Å². The summed E-state index contributed by atoms with van der Waals surface area (Å²) >= 11 is 0. The summed E-state index contributed by atoms with van der Waals surface area (Å²) in [6.45, 7) is 4.42. The van der Waals surface area contributed by atoms with Crippen LogP contribution in [0.2, 0.25) is 0 Å². The molecule has 0 atom stereocenters. The van der Waals surface area contributed by atoms with Gasteiger partial charge in [-0.1, -0.05) is 12.1 Å². The van der Waals surface area contributed by atoms with Crippen molar-refractivity contribution in [2.75, 3.05) is 44.7 Å². The van der Waals surface area contributed by atoms with Crippen molar-refractivity contribution in [3.8, 4) is 5.75 Å². The van der Waals surface area contributed by atoms with Crippen LogP contribution >= 0.6 is 0 Å². The maximum atomic E-state index is 12.3. The van der Waals surface area contributed by atoms with Gasteiger partial charge in [-0.15, -0.1) is 13.2 Å². The number of hydrogen-bond donors (Lipinski definition) is 2. The Morgan fingerprint density at radius 3 is 2.67 bits per heavy atom. The van der Waals surface area contributed by atoms with Crippen LogP contribution in [-0.4, -0.2) is 56.7 Å². The van der Waals surface area contributed by atoms with Crippen LogP contribution < -0.4 is 15.4 Å².